The number of benzene rings is 1. The fourth-order valence-corrected chi connectivity index (χ4v) is 2.29. The summed E-state index contributed by atoms with van der Waals surface area (Å²) in [6.45, 7) is -0.466. The molecule has 0 atom stereocenters. The molecule has 1 aromatic heterocycles. The number of hydrogen-bond acceptors (Lipinski definition) is 3. The van der Waals surface area contributed by atoms with Gasteiger partial charge in [-0.15, -0.1) is 0 Å². The Kier molecular flexibility index (Phi) is 6.02. The summed E-state index contributed by atoms with van der Waals surface area (Å²) in [7, 11) is 0. The van der Waals surface area contributed by atoms with Crippen LogP contribution in [0.1, 0.15) is 5.82 Å². The maximum Gasteiger partial charge on any atom is 0.261 e. The first kappa shape index (κ1) is 16.3. The van der Waals surface area contributed by atoms with Gasteiger partial charge in [-0.2, -0.15) is 0 Å². The van der Waals surface area contributed by atoms with Gasteiger partial charge in [0.25, 0.3) is 6.43 Å². The second kappa shape index (κ2) is 7.77. The number of aromatic nitrogens is 2. The summed E-state index contributed by atoms with van der Waals surface area (Å²) in [6, 6.07) is 9.49. The zero-order chi connectivity index (χ0) is 15.2. The van der Waals surface area contributed by atoms with Gasteiger partial charge in [-0.05, 0) is 15.9 Å². The van der Waals surface area contributed by atoms with E-state index in [2.05, 4.69) is 25.9 Å². The average molecular weight is 378 g/mol. The molecular formula is C14H12BrClF2N2O. The topological polar surface area (TPSA) is 35.0 Å². The molecule has 0 aliphatic rings. The molecule has 7 heteroatoms. The Labute approximate surface area is 134 Å². The Balaban J connectivity index is 2.15. The molecule has 0 aliphatic carbocycles. The maximum atomic E-state index is 12.0. The van der Waals surface area contributed by atoms with Gasteiger partial charge in [0, 0.05) is 12.0 Å². The smallest absolute Gasteiger partial charge is 0.261 e. The lowest BCUT2D eigenvalue weighted by Gasteiger charge is -2.09. The van der Waals surface area contributed by atoms with Crippen molar-refractivity contribution >= 4 is 27.5 Å². The molecule has 0 aliphatic heterocycles. The minimum atomic E-state index is -2.47. The zero-order valence-electron chi connectivity index (χ0n) is 10.9. The van der Waals surface area contributed by atoms with Crippen molar-refractivity contribution in [1.29, 1.82) is 0 Å². The second-order valence-corrected chi connectivity index (χ2v) is 5.33. The molecule has 0 N–H and O–H groups in total. The van der Waals surface area contributed by atoms with E-state index >= 15 is 0 Å². The van der Waals surface area contributed by atoms with Crippen LogP contribution in [0, 0.1) is 0 Å². The number of ether oxygens (including phenoxy) is 1. The van der Waals surface area contributed by atoms with Gasteiger partial charge in [0.05, 0.1) is 16.8 Å². The number of alkyl halides is 2. The van der Waals surface area contributed by atoms with Crippen molar-refractivity contribution in [3.05, 3.63) is 45.8 Å². The zero-order valence-corrected chi connectivity index (χ0v) is 13.2. The predicted molar refractivity (Wildman–Crippen MR) is 80.7 cm³/mol. The fourth-order valence-electron chi connectivity index (χ4n) is 1.70. The molecule has 0 bridgehead atoms. The van der Waals surface area contributed by atoms with Crippen LogP contribution < -0.4 is 0 Å². The molecule has 0 radical (unpaired) electrons. The van der Waals surface area contributed by atoms with E-state index in [-0.39, 0.29) is 11.8 Å². The molecule has 0 fully saturated rings. The lowest BCUT2D eigenvalue weighted by molar-refractivity contribution is 0.0183. The molecule has 0 saturated carbocycles. The Bertz CT molecular complexity index is 599. The molecule has 2 aromatic rings. The van der Waals surface area contributed by atoms with E-state index < -0.39 is 13.0 Å². The first-order chi connectivity index (χ1) is 10.1. The molecule has 3 nitrogen and oxygen atoms in total. The van der Waals surface area contributed by atoms with Crippen LogP contribution in [0.4, 0.5) is 8.78 Å². The number of halogens is 4. The van der Waals surface area contributed by atoms with E-state index in [1.54, 1.807) is 0 Å². The second-order valence-electron chi connectivity index (χ2n) is 4.18. The Morgan fingerprint density at radius 3 is 2.57 bits per heavy atom. The van der Waals surface area contributed by atoms with Crippen LogP contribution in [0.2, 0.25) is 5.15 Å². The van der Waals surface area contributed by atoms with Crippen LogP contribution in [0.25, 0.3) is 11.3 Å². The van der Waals surface area contributed by atoms with Gasteiger partial charge < -0.3 is 4.74 Å². The lowest BCUT2D eigenvalue weighted by atomic mass is 10.1. The van der Waals surface area contributed by atoms with Crippen LogP contribution >= 0.6 is 27.5 Å². The molecule has 0 unspecified atom stereocenters. The maximum absolute atomic E-state index is 12.0. The molecule has 112 valence electrons. The van der Waals surface area contributed by atoms with Crippen molar-refractivity contribution < 1.29 is 13.5 Å². The first-order valence-corrected chi connectivity index (χ1v) is 7.38. The third-order valence-electron chi connectivity index (χ3n) is 2.62. The molecule has 1 heterocycles. The fraction of sp³-hybridized carbons (Fsp3) is 0.286. The predicted octanol–water partition coefficient (Wildman–Crippen LogP) is 4.38. The van der Waals surface area contributed by atoms with Gasteiger partial charge in [-0.25, -0.2) is 18.7 Å². The molecule has 0 spiro atoms. The molecule has 0 amide bonds. The molecule has 0 saturated heterocycles. The van der Waals surface area contributed by atoms with Gasteiger partial charge in [0.15, 0.2) is 0 Å². The van der Waals surface area contributed by atoms with Crippen LogP contribution in [0.15, 0.2) is 34.8 Å². The van der Waals surface area contributed by atoms with E-state index in [0.29, 0.717) is 22.4 Å². The summed E-state index contributed by atoms with van der Waals surface area (Å²) in [5.41, 5.74) is 1.56. The van der Waals surface area contributed by atoms with Crippen LogP contribution in [0.3, 0.4) is 0 Å². The SMILES string of the molecule is FC(F)COCCc1nc(Cl)c(Br)c(-c2ccccc2)n1. The van der Waals surface area contributed by atoms with Gasteiger partial charge in [0.1, 0.15) is 17.6 Å². The highest BCUT2D eigenvalue weighted by molar-refractivity contribution is 9.10. The van der Waals surface area contributed by atoms with Crippen molar-refractivity contribution in [2.24, 2.45) is 0 Å². The van der Waals surface area contributed by atoms with E-state index in [1.807, 2.05) is 30.3 Å². The highest BCUT2D eigenvalue weighted by Gasteiger charge is 2.12. The summed E-state index contributed by atoms with van der Waals surface area (Å²) in [4.78, 5) is 8.53. The van der Waals surface area contributed by atoms with Gasteiger partial charge in [0.2, 0.25) is 0 Å². The third kappa shape index (κ3) is 4.69. The van der Waals surface area contributed by atoms with Gasteiger partial charge in [-0.3, -0.25) is 0 Å². The van der Waals surface area contributed by atoms with E-state index in [0.717, 1.165) is 5.56 Å². The van der Waals surface area contributed by atoms with E-state index in [4.69, 9.17) is 16.3 Å². The lowest BCUT2D eigenvalue weighted by Crippen LogP contribution is -2.09. The first-order valence-electron chi connectivity index (χ1n) is 6.21. The quantitative estimate of drug-likeness (QED) is 0.553. The van der Waals surface area contributed by atoms with Crippen LogP contribution in [-0.4, -0.2) is 29.6 Å². The number of hydrogen-bond donors (Lipinski definition) is 0. The highest BCUT2D eigenvalue weighted by atomic mass is 79.9. The van der Waals surface area contributed by atoms with Crippen molar-refractivity contribution in [3.63, 3.8) is 0 Å². The standard InChI is InChI=1S/C14H12BrClF2N2O/c15-12-13(9-4-2-1-3-5-9)19-11(20-14(12)16)6-7-21-8-10(17)18/h1-5,10H,6-8H2. The molecular weight excluding hydrogens is 366 g/mol. The Morgan fingerprint density at radius 2 is 1.90 bits per heavy atom. The Hall–Kier alpha value is -1.11. The molecule has 1 aromatic carbocycles. The summed E-state index contributed by atoms with van der Waals surface area (Å²) < 4.78 is 29.4. The van der Waals surface area contributed by atoms with Crippen LogP contribution in [0.5, 0.6) is 0 Å². The summed E-state index contributed by atoms with van der Waals surface area (Å²) >= 11 is 9.44. The molecule has 21 heavy (non-hydrogen) atoms. The van der Waals surface area contributed by atoms with Gasteiger partial charge >= 0.3 is 0 Å². The Morgan fingerprint density at radius 1 is 1.19 bits per heavy atom. The number of nitrogens with zero attached hydrogens (tertiary/aromatic N) is 2. The van der Waals surface area contributed by atoms with E-state index in [9.17, 15) is 8.78 Å². The normalized spacial score (nSPS) is 11.1. The van der Waals surface area contributed by atoms with Crippen LogP contribution in [-0.2, 0) is 11.2 Å². The summed E-state index contributed by atoms with van der Waals surface area (Å²) in [6.07, 6.45) is -2.15. The highest BCUT2D eigenvalue weighted by Crippen LogP contribution is 2.31. The third-order valence-corrected chi connectivity index (χ3v) is 3.87. The van der Waals surface area contributed by atoms with Gasteiger partial charge in [-0.1, -0.05) is 41.9 Å². The monoisotopic (exact) mass is 376 g/mol. The summed E-state index contributed by atoms with van der Waals surface area (Å²) in [5.74, 6) is 0.455. The van der Waals surface area contributed by atoms with E-state index in [1.165, 1.54) is 0 Å². The molecule has 2 rings (SSSR count). The minimum absolute atomic E-state index is 0.122. The average Bonchev–Trinajstić information content (AvgIpc) is 2.47. The largest absolute Gasteiger partial charge is 0.375 e. The minimum Gasteiger partial charge on any atom is -0.375 e. The van der Waals surface area contributed by atoms with Crippen molar-refractivity contribution in [2.75, 3.05) is 13.2 Å². The summed E-state index contributed by atoms with van der Waals surface area (Å²) in [5, 5.41) is 0.285. The van der Waals surface area contributed by atoms with Crippen molar-refractivity contribution in [2.45, 2.75) is 12.8 Å². The van der Waals surface area contributed by atoms with Crippen molar-refractivity contribution in [3.8, 4) is 11.3 Å². The number of rotatable bonds is 6. The van der Waals surface area contributed by atoms with Crippen molar-refractivity contribution in [1.82, 2.24) is 9.97 Å².